The Hall–Kier alpha value is -16.5. The lowest BCUT2D eigenvalue weighted by Crippen LogP contribution is -2.36. The number of hydrogen-bond donors (Lipinski definition) is 0. The zero-order valence-corrected chi connectivity index (χ0v) is 57.1. The van der Waals surface area contributed by atoms with Gasteiger partial charge in [-0.2, -0.15) is 21.0 Å². The normalized spacial score (nSPS) is 12.2. The van der Waals surface area contributed by atoms with Crippen LogP contribution in [0.1, 0.15) is 50.1 Å². The average Bonchev–Trinajstić information content (AvgIpc) is 1.55. The van der Waals surface area contributed by atoms with Gasteiger partial charge in [-0.15, -0.1) is 37.5 Å². The van der Waals surface area contributed by atoms with Crippen LogP contribution >= 0.6 is 0 Å². The second kappa shape index (κ2) is 22.7. The fourth-order valence-corrected chi connectivity index (χ4v) is 16.7. The second-order valence-corrected chi connectivity index (χ2v) is 27.0. The Bertz CT molecular complexity index is 7790. The van der Waals surface area contributed by atoms with Crippen molar-refractivity contribution in [2.45, 2.75) is 33.1 Å². The minimum Gasteiger partial charge on any atom is -0.456 e. The van der Waals surface area contributed by atoms with E-state index in [0.29, 0.717) is 76.1 Å². The van der Waals surface area contributed by atoms with Crippen molar-refractivity contribution >= 4 is 154 Å². The fraction of sp³-hybridized carbons (Fsp3) is 0.0575. The van der Waals surface area contributed by atoms with Crippen molar-refractivity contribution in [3.8, 4) is 47.0 Å². The molecular formula is C87H44N18O4+4. The summed E-state index contributed by atoms with van der Waals surface area (Å²) < 4.78 is 41.1. The number of nitrogens with zero attached hydrogens (tertiary/aromatic N) is 18. The number of fused-ring (bicyclic) bond motifs is 34. The first-order valence-corrected chi connectivity index (χ1v) is 34.5. The van der Waals surface area contributed by atoms with Crippen molar-refractivity contribution < 1.29 is 36.4 Å². The molecule has 14 heterocycles. The lowest BCUT2D eigenvalue weighted by molar-refractivity contribution is -0.749. The molecule has 4 aliphatic rings. The summed E-state index contributed by atoms with van der Waals surface area (Å²) in [5.74, 6) is 0. The Morgan fingerprint density at radius 2 is 0.771 bits per heavy atom. The molecule has 0 saturated heterocycles. The summed E-state index contributed by atoms with van der Waals surface area (Å²) in [6, 6.07) is 62.1. The predicted molar refractivity (Wildman–Crippen MR) is 404 cm³/mol. The van der Waals surface area contributed by atoms with E-state index in [1.165, 1.54) is 27.8 Å². The van der Waals surface area contributed by atoms with Gasteiger partial charge in [0.15, 0.2) is 42.2 Å². The van der Waals surface area contributed by atoms with E-state index < -0.39 is 0 Å². The van der Waals surface area contributed by atoms with Crippen LogP contribution in [0, 0.1) is 78.5 Å². The maximum atomic E-state index is 9.61. The summed E-state index contributed by atoms with van der Waals surface area (Å²) in [6.45, 7) is 34.1. The molecule has 24 rings (SSSR count). The molecule has 22 heteroatoms. The smallest absolute Gasteiger partial charge is 0.227 e. The number of rotatable bonds is 0. The van der Waals surface area contributed by atoms with Gasteiger partial charge in [-0.25, -0.2) is 29.3 Å². The number of furan rings is 4. The van der Waals surface area contributed by atoms with Crippen molar-refractivity contribution in [1.82, 2.24) is 28.7 Å². The molecule has 0 spiro atoms. The van der Waals surface area contributed by atoms with Crippen LogP contribution in [-0.2, 0) is 26.2 Å². The van der Waals surface area contributed by atoms with E-state index >= 15 is 0 Å². The van der Waals surface area contributed by atoms with Gasteiger partial charge in [-0.3, -0.25) is 0 Å². The van der Waals surface area contributed by atoms with Crippen molar-refractivity contribution in [2.75, 3.05) is 0 Å². The third-order valence-electron chi connectivity index (χ3n) is 21.5. The summed E-state index contributed by atoms with van der Waals surface area (Å²) in [4.78, 5) is 22.6. The maximum absolute atomic E-state index is 9.61. The quantitative estimate of drug-likeness (QED) is 0.103. The van der Waals surface area contributed by atoms with E-state index in [-0.39, 0.29) is 0 Å². The molecule has 0 N–H and O–H groups in total. The number of benzene rings is 10. The van der Waals surface area contributed by atoms with E-state index in [4.69, 9.17) is 44.0 Å². The highest BCUT2D eigenvalue weighted by atomic mass is 16.3. The third kappa shape index (κ3) is 8.57. The number of hydrogen-bond acceptors (Lipinski definition) is 10. The molecule has 0 amide bonds. The van der Waals surface area contributed by atoms with Crippen LogP contribution in [0.2, 0.25) is 0 Å². The summed E-state index contributed by atoms with van der Waals surface area (Å²) >= 11 is 0. The predicted octanol–water partition coefficient (Wildman–Crippen LogP) is 17.5. The fourth-order valence-electron chi connectivity index (χ4n) is 16.7. The monoisotopic (exact) mass is 1400 g/mol. The van der Waals surface area contributed by atoms with Crippen LogP contribution in [0.4, 0.5) is 22.7 Å². The molecule has 4 aliphatic heterocycles. The molecule has 109 heavy (non-hydrogen) atoms. The first-order chi connectivity index (χ1) is 53.6. The first kappa shape index (κ1) is 61.2. The Morgan fingerprint density at radius 3 is 1.29 bits per heavy atom. The van der Waals surface area contributed by atoms with Crippen LogP contribution < -0.4 is 18.7 Å². The van der Waals surface area contributed by atoms with E-state index in [1.807, 2.05) is 116 Å². The van der Waals surface area contributed by atoms with Gasteiger partial charge in [0.05, 0.1) is 105 Å². The Kier molecular flexibility index (Phi) is 12.8. The lowest BCUT2D eigenvalue weighted by Gasteiger charge is -2.03. The molecule has 0 unspecified atom stereocenters. The van der Waals surface area contributed by atoms with E-state index in [0.717, 1.165) is 149 Å². The second-order valence-electron chi connectivity index (χ2n) is 27.0. The molecule has 20 aromatic rings. The van der Waals surface area contributed by atoms with Gasteiger partial charge >= 0.3 is 0 Å². The topological polar surface area (TPSA) is 226 Å². The molecule has 10 aromatic heterocycles. The highest BCUT2D eigenvalue weighted by Gasteiger charge is 2.38. The molecule has 502 valence electrons. The molecule has 0 saturated carbocycles. The Morgan fingerprint density at radius 1 is 0.358 bits per heavy atom. The van der Waals surface area contributed by atoms with Crippen LogP contribution in [0.15, 0.2) is 219 Å². The molecule has 0 atom stereocenters. The van der Waals surface area contributed by atoms with Crippen LogP contribution in [0.25, 0.3) is 174 Å². The van der Waals surface area contributed by atoms with E-state index in [9.17, 15) is 21.0 Å². The average molecular weight is 1410 g/mol. The van der Waals surface area contributed by atoms with E-state index in [1.54, 1.807) is 36.7 Å². The highest BCUT2D eigenvalue weighted by molar-refractivity contribution is 6.11. The Labute approximate surface area is 614 Å². The Balaban J connectivity index is 0.0000000925. The molecule has 10 aromatic carbocycles. The molecule has 0 bridgehead atoms. The zero-order chi connectivity index (χ0) is 73.4. The minimum atomic E-state index is 0.377. The standard InChI is InChI=1S/C22H12N5O.2C22H11N4O.C21H10N5O/c1-12-8-14-13-4-3-7-25-22(13)28-21(14)20-16(12)10-26-11-17-15(9-23)18(24-2)5-6-19(17)27(20)26;1-24-18-6-7-19-17(16(18)10-23)12-25-11-13-8-15-14-4-2-3-5-21(14)27-22(15)9-20(13)26(19)25;1-24-18-8-9-19-17(16(18)10-23)12-25-11-13-6-7-15-14-4-2-3-5-20(14)27-22(15)21(13)26(19)25;1-23-17-4-5-18-16(15(17)9-22)11-25-10-12-7-14-13-3-2-6-24-21(13)27-20(14)8-19(12)26(18)25/h3-8,11H,10H2,1H3;2*2-9,12H,11H2;2-8,11H,10H2/q4*+1. The first-order valence-electron chi connectivity index (χ1n) is 34.5. The van der Waals surface area contributed by atoms with Gasteiger partial charge in [-0.05, 0) is 103 Å². The molecule has 22 nitrogen and oxygen atoms in total. The van der Waals surface area contributed by atoms with Gasteiger partial charge in [0.25, 0.3) is 0 Å². The molecule has 0 fully saturated rings. The van der Waals surface area contributed by atoms with Crippen molar-refractivity contribution in [3.63, 3.8) is 0 Å². The van der Waals surface area contributed by atoms with Gasteiger partial charge in [0.1, 0.15) is 55.8 Å². The van der Waals surface area contributed by atoms with Crippen molar-refractivity contribution in [1.29, 1.82) is 21.0 Å². The van der Waals surface area contributed by atoms with Crippen molar-refractivity contribution in [2.24, 2.45) is 0 Å². The SMILES string of the molecule is [C-]#[N+]c1ccc2c(c[n+]3n2-c2c(c(C)cc4c2oc2ncccc24)C3)c1C#N.[C-]#[N+]c1ccc2c(c[n+]3n2-c2c(ccc4c2oc2ccccc24)C3)c1C#N.[C-]#[N+]c1ccc2c(c[n+]3n2-c2cc4oc5ccccc5c4cc2C3)c1C#N.[C-]#[N+]c1ccc2c(c[n+]3n2-c2cc4oc5ncccc5c4cc2C3)c1C#N. The summed E-state index contributed by atoms with van der Waals surface area (Å²) in [5.41, 5.74) is 23.2. The summed E-state index contributed by atoms with van der Waals surface area (Å²) in [7, 11) is 0. The number of aryl methyl sites for hydroxylation is 1. The summed E-state index contributed by atoms with van der Waals surface area (Å²) in [6.07, 6.45) is 11.3. The highest BCUT2D eigenvalue weighted by Crippen LogP contribution is 2.44. The molecule has 0 aliphatic carbocycles. The minimum absolute atomic E-state index is 0.377. The lowest BCUT2D eigenvalue weighted by atomic mass is 10.0. The molecule has 0 radical (unpaired) electrons. The maximum Gasteiger partial charge on any atom is 0.227 e. The van der Waals surface area contributed by atoms with Gasteiger partial charge in [-0.1, -0.05) is 60.7 Å². The van der Waals surface area contributed by atoms with Crippen LogP contribution in [-0.4, -0.2) is 28.7 Å². The third-order valence-corrected chi connectivity index (χ3v) is 21.5. The number of nitriles is 4. The zero-order valence-electron chi connectivity index (χ0n) is 57.1. The van der Waals surface area contributed by atoms with Crippen molar-refractivity contribution in [3.05, 3.63) is 297 Å². The largest absolute Gasteiger partial charge is 0.456 e. The van der Waals surface area contributed by atoms with E-state index in [2.05, 4.69) is 147 Å². The summed E-state index contributed by atoms with van der Waals surface area (Å²) in [5, 5.41) is 49.9. The van der Waals surface area contributed by atoms with Crippen LogP contribution in [0.3, 0.4) is 0 Å². The number of para-hydroxylation sites is 2. The van der Waals surface area contributed by atoms with Crippen LogP contribution in [0.5, 0.6) is 0 Å². The number of aromatic nitrogens is 10. The molecular weight excluding hydrogens is 1360 g/mol. The van der Waals surface area contributed by atoms with Gasteiger partial charge < -0.3 is 17.7 Å². The number of pyridine rings is 2. The van der Waals surface area contributed by atoms with Gasteiger partial charge in [0.2, 0.25) is 65.5 Å². The van der Waals surface area contributed by atoms with Gasteiger partial charge in [0, 0.05) is 78.7 Å².